The monoisotopic (exact) mass is 377 g/mol. The number of carboxylic acids is 1. The second-order valence-corrected chi connectivity index (χ2v) is 7.04. The van der Waals surface area contributed by atoms with Crippen LogP contribution in [0.1, 0.15) is 25.3 Å². The largest absolute Gasteiger partial charge is 0.490 e. The number of hydrogen-bond donors (Lipinski definition) is 1. The minimum Gasteiger partial charge on any atom is -0.490 e. The van der Waals surface area contributed by atoms with Gasteiger partial charge in [-0.05, 0) is 30.2 Å². The second kappa shape index (κ2) is 8.82. The van der Waals surface area contributed by atoms with Crippen molar-refractivity contribution in [1.29, 1.82) is 0 Å². The molecule has 1 aromatic carbocycles. The topological polar surface area (TPSA) is 66.8 Å². The van der Waals surface area contributed by atoms with Gasteiger partial charge in [0.2, 0.25) is 0 Å². The van der Waals surface area contributed by atoms with Gasteiger partial charge in [-0.15, -0.1) is 0 Å². The van der Waals surface area contributed by atoms with Crippen LogP contribution in [0.2, 0.25) is 0 Å². The van der Waals surface area contributed by atoms with Crippen molar-refractivity contribution in [3.05, 3.63) is 47.4 Å². The molecule has 0 radical (unpaired) electrons. The molecule has 132 valence electrons. The van der Waals surface area contributed by atoms with E-state index < -0.39 is 12.0 Å². The van der Waals surface area contributed by atoms with Gasteiger partial charge in [-0.1, -0.05) is 62.1 Å². The number of ether oxygens (including phenoxy) is 1. The van der Waals surface area contributed by atoms with E-state index in [0.29, 0.717) is 30.1 Å². The van der Waals surface area contributed by atoms with Gasteiger partial charge in [0, 0.05) is 0 Å². The maximum absolute atomic E-state index is 12.6. The van der Waals surface area contributed by atoms with E-state index in [1.165, 1.54) is 4.90 Å². The lowest BCUT2D eigenvalue weighted by Gasteiger charge is -2.22. The van der Waals surface area contributed by atoms with Gasteiger partial charge < -0.3 is 9.84 Å². The molecule has 7 heteroatoms. The van der Waals surface area contributed by atoms with E-state index in [1.54, 1.807) is 24.3 Å². The summed E-state index contributed by atoms with van der Waals surface area (Å²) in [5.74, 6) is -0.690. The van der Waals surface area contributed by atoms with Gasteiger partial charge in [0.1, 0.15) is 22.7 Å². The van der Waals surface area contributed by atoms with Crippen LogP contribution in [0, 0.1) is 0 Å². The number of nitrogens with zero attached hydrogens (tertiary/aromatic N) is 1. The summed E-state index contributed by atoms with van der Waals surface area (Å²) in [4.78, 5) is 25.7. The van der Waals surface area contributed by atoms with E-state index in [4.69, 9.17) is 17.0 Å². The number of carboxylic acid groups (broad SMARTS) is 1. The molecule has 2 rings (SSSR count). The van der Waals surface area contributed by atoms with Crippen LogP contribution in [-0.2, 0) is 9.59 Å². The van der Waals surface area contributed by atoms with Crippen LogP contribution in [0.3, 0.4) is 0 Å². The molecular formula is C18H19NO4S2. The summed E-state index contributed by atoms with van der Waals surface area (Å²) in [6, 6.07) is 6.33. The number of carbonyl (C=O) groups is 2. The number of benzene rings is 1. The molecule has 0 bridgehead atoms. The maximum Gasteiger partial charge on any atom is 0.326 e. The number of carbonyl (C=O) groups excluding carboxylic acids is 1. The van der Waals surface area contributed by atoms with Gasteiger partial charge in [0.05, 0.1) is 4.91 Å². The molecule has 1 aromatic rings. The maximum atomic E-state index is 12.6. The molecule has 0 aliphatic carbocycles. The molecule has 1 saturated heterocycles. The van der Waals surface area contributed by atoms with E-state index in [0.717, 1.165) is 17.3 Å². The molecule has 0 aromatic heterocycles. The molecule has 1 unspecified atom stereocenters. The van der Waals surface area contributed by atoms with Crippen LogP contribution in [0.5, 0.6) is 5.75 Å². The minimum atomic E-state index is -1.04. The number of amides is 1. The van der Waals surface area contributed by atoms with Crippen molar-refractivity contribution < 1.29 is 19.4 Å². The average molecular weight is 377 g/mol. The fraction of sp³-hybridized carbons (Fsp3) is 0.278. The van der Waals surface area contributed by atoms with Gasteiger partial charge in [-0.2, -0.15) is 0 Å². The van der Waals surface area contributed by atoms with Gasteiger partial charge in [0.15, 0.2) is 0 Å². The zero-order valence-electron chi connectivity index (χ0n) is 13.8. The fourth-order valence-corrected chi connectivity index (χ4v) is 3.71. The third-order valence-electron chi connectivity index (χ3n) is 3.53. The first kappa shape index (κ1) is 19.2. The van der Waals surface area contributed by atoms with Crippen molar-refractivity contribution in [3.63, 3.8) is 0 Å². The third kappa shape index (κ3) is 4.70. The quantitative estimate of drug-likeness (QED) is 0.423. The van der Waals surface area contributed by atoms with Crippen LogP contribution < -0.4 is 4.74 Å². The van der Waals surface area contributed by atoms with Gasteiger partial charge in [-0.25, -0.2) is 4.79 Å². The molecule has 0 spiro atoms. The Morgan fingerprint density at radius 3 is 2.68 bits per heavy atom. The van der Waals surface area contributed by atoms with Gasteiger partial charge >= 0.3 is 5.97 Å². The Morgan fingerprint density at radius 2 is 2.12 bits per heavy atom. The average Bonchev–Trinajstić information content (AvgIpc) is 2.86. The highest BCUT2D eigenvalue weighted by molar-refractivity contribution is 8.26. The number of hydrogen-bond acceptors (Lipinski definition) is 5. The molecule has 25 heavy (non-hydrogen) atoms. The zero-order chi connectivity index (χ0) is 18.4. The molecule has 1 amide bonds. The number of aliphatic carboxylic acids is 1. The fourth-order valence-electron chi connectivity index (χ4n) is 2.35. The first-order chi connectivity index (χ1) is 12.0. The molecular weight excluding hydrogens is 358 g/mol. The first-order valence-corrected chi connectivity index (χ1v) is 9.04. The summed E-state index contributed by atoms with van der Waals surface area (Å²) in [6.07, 6.45) is 4.39. The standard InChI is InChI=1S/C18H19NO4S2/c1-3-5-14(17(21)22)19-16(20)15(25-18(19)24)11-12-6-8-13(9-7-12)23-10-4-2/h4,6-9,11,14H,2-3,5,10H2,1H3,(H,21,22). The number of thiocarbonyl (C=S) groups is 1. The molecule has 1 aliphatic rings. The molecule has 1 atom stereocenters. The smallest absolute Gasteiger partial charge is 0.326 e. The lowest BCUT2D eigenvalue weighted by Crippen LogP contribution is -2.43. The Kier molecular flexibility index (Phi) is 6.78. The predicted molar refractivity (Wildman–Crippen MR) is 103 cm³/mol. The third-order valence-corrected chi connectivity index (χ3v) is 4.86. The number of thioether (sulfide) groups is 1. The predicted octanol–water partition coefficient (Wildman–Crippen LogP) is 3.71. The molecule has 1 fully saturated rings. The van der Waals surface area contributed by atoms with Crippen molar-refractivity contribution in [2.75, 3.05) is 6.61 Å². The summed E-state index contributed by atoms with van der Waals surface area (Å²) in [7, 11) is 0. The van der Waals surface area contributed by atoms with Crippen LogP contribution >= 0.6 is 24.0 Å². The minimum absolute atomic E-state index is 0.281. The molecule has 1 heterocycles. The number of rotatable bonds is 8. The lowest BCUT2D eigenvalue weighted by atomic mass is 10.1. The Balaban J connectivity index is 2.19. The first-order valence-electron chi connectivity index (χ1n) is 7.81. The Bertz CT molecular complexity index is 712. The summed E-state index contributed by atoms with van der Waals surface area (Å²) in [5, 5.41) is 9.37. The summed E-state index contributed by atoms with van der Waals surface area (Å²) < 4.78 is 5.70. The van der Waals surface area contributed by atoms with Crippen molar-refractivity contribution in [2.24, 2.45) is 0 Å². The van der Waals surface area contributed by atoms with E-state index in [2.05, 4.69) is 6.58 Å². The summed E-state index contributed by atoms with van der Waals surface area (Å²) in [6.45, 7) is 5.89. The van der Waals surface area contributed by atoms with E-state index in [1.807, 2.05) is 19.1 Å². The highest BCUT2D eigenvalue weighted by Crippen LogP contribution is 2.35. The highest BCUT2D eigenvalue weighted by atomic mass is 32.2. The summed E-state index contributed by atoms with van der Waals surface area (Å²) >= 11 is 6.35. The Labute approximate surface area is 156 Å². The molecule has 0 saturated carbocycles. The van der Waals surface area contributed by atoms with Crippen molar-refractivity contribution in [2.45, 2.75) is 25.8 Å². The normalized spacial score (nSPS) is 17.0. The lowest BCUT2D eigenvalue weighted by molar-refractivity contribution is -0.145. The van der Waals surface area contributed by atoms with Crippen molar-refractivity contribution >= 4 is 46.3 Å². The molecule has 1 N–H and O–H groups in total. The molecule has 5 nitrogen and oxygen atoms in total. The van der Waals surface area contributed by atoms with Gasteiger partial charge in [0.25, 0.3) is 5.91 Å². The van der Waals surface area contributed by atoms with E-state index in [-0.39, 0.29) is 10.2 Å². The Morgan fingerprint density at radius 1 is 1.44 bits per heavy atom. The van der Waals surface area contributed by atoms with Crippen LogP contribution in [-0.4, -0.2) is 38.9 Å². The highest BCUT2D eigenvalue weighted by Gasteiger charge is 2.39. The van der Waals surface area contributed by atoms with Crippen LogP contribution in [0.15, 0.2) is 41.8 Å². The summed E-state index contributed by atoms with van der Waals surface area (Å²) in [5.41, 5.74) is 0.814. The van der Waals surface area contributed by atoms with Crippen molar-refractivity contribution in [1.82, 2.24) is 4.90 Å². The van der Waals surface area contributed by atoms with E-state index >= 15 is 0 Å². The molecule has 1 aliphatic heterocycles. The zero-order valence-corrected chi connectivity index (χ0v) is 15.4. The van der Waals surface area contributed by atoms with Gasteiger partial charge in [-0.3, -0.25) is 9.69 Å². The second-order valence-electron chi connectivity index (χ2n) is 5.36. The SMILES string of the molecule is C=CCOc1ccc(C=C2SC(=S)N(C(CCC)C(=O)O)C2=O)cc1. The van der Waals surface area contributed by atoms with Crippen molar-refractivity contribution in [3.8, 4) is 5.75 Å². The van der Waals surface area contributed by atoms with Crippen LogP contribution in [0.25, 0.3) is 6.08 Å². The Hall–Kier alpha value is -2.12. The van der Waals surface area contributed by atoms with E-state index in [9.17, 15) is 14.7 Å². The van der Waals surface area contributed by atoms with Crippen LogP contribution in [0.4, 0.5) is 0 Å².